The van der Waals surface area contributed by atoms with Gasteiger partial charge < -0.3 is 10.6 Å². The van der Waals surface area contributed by atoms with E-state index in [1.165, 1.54) is 24.4 Å². The number of halogens is 2. The fourth-order valence-electron chi connectivity index (χ4n) is 1.43. The molecule has 0 aliphatic carbocycles. The molecule has 0 fully saturated rings. The lowest BCUT2D eigenvalue weighted by Crippen LogP contribution is -2.20. The maximum absolute atomic E-state index is 13.5. The Hall–Kier alpha value is -2.14. The van der Waals surface area contributed by atoms with E-state index in [1.807, 2.05) is 6.92 Å². The molecule has 0 aliphatic heterocycles. The van der Waals surface area contributed by atoms with Crippen molar-refractivity contribution in [2.45, 2.75) is 6.92 Å². The summed E-state index contributed by atoms with van der Waals surface area (Å²) in [6.45, 7) is 1.84. The molecule has 2 aromatic rings. The molecule has 0 radical (unpaired) electrons. The Morgan fingerprint density at radius 2 is 2.05 bits per heavy atom. The summed E-state index contributed by atoms with van der Waals surface area (Å²) in [6.07, 6.45) is 1.51. The van der Waals surface area contributed by atoms with Crippen LogP contribution < -0.4 is 10.6 Å². The molecule has 1 aromatic carbocycles. The summed E-state index contributed by atoms with van der Waals surface area (Å²) in [6, 6.07) is 7.04. The van der Waals surface area contributed by atoms with Gasteiger partial charge in [0.2, 0.25) is 0 Å². The summed E-state index contributed by atoms with van der Waals surface area (Å²) in [5.74, 6) is -0.593. The average Bonchev–Trinajstić information content (AvgIpc) is 2.37. The average molecular weight is 280 g/mol. The first kappa shape index (κ1) is 13.3. The normalized spacial score (nSPS) is 10.1. The molecule has 1 heterocycles. The lowest BCUT2D eigenvalue weighted by atomic mass is 10.3. The summed E-state index contributed by atoms with van der Waals surface area (Å²) in [7, 11) is 0. The molecular formula is C13H11ClFN3O. The van der Waals surface area contributed by atoms with Crippen molar-refractivity contribution < 1.29 is 9.18 Å². The van der Waals surface area contributed by atoms with Crippen molar-refractivity contribution in [2.24, 2.45) is 0 Å². The summed E-state index contributed by atoms with van der Waals surface area (Å²) in [5, 5.41) is 5.03. The number of para-hydroxylation sites is 1. The second-order valence-electron chi connectivity index (χ2n) is 3.86. The predicted octanol–water partition coefficient (Wildman–Crippen LogP) is 3.83. The molecule has 6 heteroatoms. The van der Waals surface area contributed by atoms with Gasteiger partial charge in [-0.1, -0.05) is 17.7 Å². The van der Waals surface area contributed by atoms with Crippen molar-refractivity contribution in [3.8, 4) is 0 Å². The second kappa shape index (κ2) is 5.67. The molecule has 0 unspecified atom stereocenters. The Labute approximate surface area is 114 Å². The fraction of sp³-hybridized carbons (Fsp3) is 0.0769. The first-order valence-corrected chi connectivity index (χ1v) is 5.89. The van der Waals surface area contributed by atoms with Gasteiger partial charge in [0.05, 0.1) is 22.6 Å². The van der Waals surface area contributed by atoms with Crippen LogP contribution in [0.15, 0.2) is 36.5 Å². The van der Waals surface area contributed by atoms with Gasteiger partial charge in [-0.2, -0.15) is 0 Å². The van der Waals surface area contributed by atoms with Crippen LogP contribution >= 0.6 is 11.6 Å². The second-order valence-corrected chi connectivity index (χ2v) is 4.27. The molecule has 0 atom stereocenters. The topological polar surface area (TPSA) is 54.0 Å². The van der Waals surface area contributed by atoms with E-state index >= 15 is 0 Å². The number of aryl methyl sites for hydroxylation is 1. The number of rotatable bonds is 2. The van der Waals surface area contributed by atoms with E-state index in [-0.39, 0.29) is 10.7 Å². The number of hydrogen-bond acceptors (Lipinski definition) is 2. The Bertz CT molecular complexity index is 581. The summed E-state index contributed by atoms with van der Waals surface area (Å²) >= 11 is 5.80. The minimum Gasteiger partial charge on any atom is -0.306 e. The standard InChI is InChI=1S/C13H11ClFN3O/c1-8-5-6-9(7-16-8)17-13(19)18-12-10(14)3-2-4-11(12)15/h2-7H,1H3,(H2,17,18,19). The van der Waals surface area contributed by atoms with Gasteiger partial charge in [0.25, 0.3) is 0 Å². The van der Waals surface area contributed by atoms with Crippen LogP contribution in [0.2, 0.25) is 5.02 Å². The van der Waals surface area contributed by atoms with E-state index < -0.39 is 11.8 Å². The van der Waals surface area contributed by atoms with Crippen molar-refractivity contribution in [3.63, 3.8) is 0 Å². The number of nitrogens with zero attached hydrogens (tertiary/aromatic N) is 1. The van der Waals surface area contributed by atoms with E-state index in [2.05, 4.69) is 15.6 Å². The summed E-state index contributed by atoms with van der Waals surface area (Å²) < 4.78 is 13.5. The summed E-state index contributed by atoms with van der Waals surface area (Å²) in [4.78, 5) is 15.7. The number of amides is 2. The fourth-order valence-corrected chi connectivity index (χ4v) is 1.65. The number of carbonyl (C=O) groups is 1. The van der Waals surface area contributed by atoms with Crippen LogP contribution in [0.3, 0.4) is 0 Å². The third-order valence-electron chi connectivity index (χ3n) is 2.37. The van der Waals surface area contributed by atoms with E-state index in [9.17, 15) is 9.18 Å². The van der Waals surface area contributed by atoms with Gasteiger partial charge in [-0.3, -0.25) is 4.98 Å². The largest absolute Gasteiger partial charge is 0.323 e. The van der Waals surface area contributed by atoms with Gasteiger partial charge in [-0.05, 0) is 31.2 Å². The smallest absolute Gasteiger partial charge is 0.306 e. The predicted molar refractivity (Wildman–Crippen MR) is 73.0 cm³/mol. The Morgan fingerprint density at radius 3 is 2.68 bits per heavy atom. The third kappa shape index (κ3) is 3.42. The van der Waals surface area contributed by atoms with Crippen molar-refractivity contribution in [2.75, 3.05) is 10.6 Å². The number of urea groups is 1. The molecule has 0 spiro atoms. The highest BCUT2D eigenvalue weighted by Crippen LogP contribution is 2.24. The van der Waals surface area contributed by atoms with Crippen molar-refractivity contribution in [1.82, 2.24) is 4.98 Å². The molecule has 2 amide bonds. The Kier molecular flexibility index (Phi) is 3.97. The minimum absolute atomic E-state index is 0.0539. The zero-order valence-corrected chi connectivity index (χ0v) is 10.8. The maximum atomic E-state index is 13.5. The highest BCUT2D eigenvalue weighted by molar-refractivity contribution is 6.33. The zero-order valence-electron chi connectivity index (χ0n) is 10.1. The lowest BCUT2D eigenvalue weighted by molar-refractivity contribution is 0.262. The van der Waals surface area contributed by atoms with Crippen LogP contribution in [-0.2, 0) is 0 Å². The van der Waals surface area contributed by atoms with Gasteiger partial charge in [-0.15, -0.1) is 0 Å². The van der Waals surface area contributed by atoms with Gasteiger partial charge in [0.15, 0.2) is 0 Å². The van der Waals surface area contributed by atoms with Crippen LogP contribution in [-0.4, -0.2) is 11.0 Å². The quantitative estimate of drug-likeness (QED) is 0.878. The number of nitrogens with one attached hydrogen (secondary N) is 2. The van der Waals surface area contributed by atoms with Crippen LogP contribution in [0.25, 0.3) is 0 Å². The lowest BCUT2D eigenvalue weighted by Gasteiger charge is -2.09. The Morgan fingerprint density at radius 1 is 1.26 bits per heavy atom. The molecule has 0 aliphatic rings. The van der Waals surface area contributed by atoms with E-state index in [0.29, 0.717) is 5.69 Å². The van der Waals surface area contributed by atoms with Crippen molar-refractivity contribution in [1.29, 1.82) is 0 Å². The van der Waals surface area contributed by atoms with Crippen LogP contribution in [0.4, 0.5) is 20.6 Å². The molecule has 1 aromatic heterocycles. The van der Waals surface area contributed by atoms with Gasteiger partial charge in [-0.25, -0.2) is 9.18 Å². The van der Waals surface area contributed by atoms with Gasteiger partial charge >= 0.3 is 6.03 Å². The third-order valence-corrected chi connectivity index (χ3v) is 2.69. The molecule has 0 saturated carbocycles. The molecule has 0 bridgehead atoms. The monoisotopic (exact) mass is 279 g/mol. The number of benzene rings is 1. The van der Waals surface area contributed by atoms with E-state index in [4.69, 9.17) is 11.6 Å². The van der Waals surface area contributed by atoms with E-state index in [1.54, 1.807) is 12.1 Å². The number of carbonyl (C=O) groups excluding carboxylic acids is 1. The van der Waals surface area contributed by atoms with E-state index in [0.717, 1.165) is 5.69 Å². The van der Waals surface area contributed by atoms with Crippen LogP contribution in [0, 0.1) is 12.7 Å². The molecular weight excluding hydrogens is 269 g/mol. The molecule has 4 nitrogen and oxygen atoms in total. The minimum atomic E-state index is -0.593. The number of pyridine rings is 1. The number of aromatic nitrogens is 1. The Balaban J connectivity index is 2.07. The zero-order chi connectivity index (χ0) is 13.8. The van der Waals surface area contributed by atoms with Crippen LogP contribution in [0.5, 0.6) is 0 Å². The highest BCUT2D eigenvalue weighted by Gasteiger charge is 2.10. The first-order valence-electron chi connectivity index (χ1n) is 5.51. The molecule has 19 heavy (non-hydrogen) atoms. The van der Waals surface area contributed by atoms with Gasteiger partial charge in [0, 0.05) is 5.69 Å². The maximum Gasteiger partial charge on any atom is 0.323 e. The molecule has 98 valence electrons. The summed E-state index contributed by atoms with van der Waals surface area (Å²) in [5.41, 5.74) is 1.29. The SMILES string of the molecule is Cc1ccc(NC(=O)Nc2c(F)cccc2Cl)cn1. The molecule has 0 saturated heterocycles. The molecule has 2 N–H and O–H groups in total. The van der Waals surface area contributed by atoms with Crippen molar-refractivity contribution >= 4 is 29.0 Å². The number of hydrogen-bond donors (Lipinski definition) is 2. The highest BCUT2D eigenvalue weighted by atomic mass is 35.5. The number of anilines is 2. The first-order chi connectivity index (χ1) is 9.06. The molecule has 2 rings (SSSR count). The van der Waals surface area contributed by atoms with Gasteiger partial charge in [0.1, 0.15) is 5.82 Å². The van der Waals surface area contributed by atoms with Crippen molar-refractivity contribution in [3.05, 3.63) is 53.1 Å². The van der Waals surface area contributed by atoms with Crippen LogP contribution in [0.1, 0.15) is 5.69 Å².